The summed E-state index contributed by atoms with van der Waals surface area (Å²) < 4.78 is 11.1. The van der Waals surface area contributed by atoms with Crippen LogP contribution in [0.15, 0.2) is 0 Å². The van der Waals surface area contributed by atoms with Gasteiger partial charge >= 0.3 is 0 Å². The standard InChI is InChI=1S/C14H29NO2/c1-3-7-15-14(12-17-8-4-2)11-13-5-9-16-10-6-13/h13-15H,3-12H2,1-2H3. The maximum atomic E-state index is 5.69. The molecule has 3 heteroatoms. The van der Waals surface area contributed by atoms with Gasteiger partial charge in [-0.3, -0.25) is 0 Å². The Morgan fingerprint density at radius 2 is 2.00 bits per heavy atom. The van der Waals surface area contributed by atoms with Crippen molar-refractivity contribution in [2.75, 3.05) is 33.0 Å². The van der Waals surface area contributed by atoms with Crippen molar-refractivity contribution in [2.45, 2.75) is 52.0 Å². The number of ether oxygens (including phenoxy) is 2. The van der Waals surface area contributed by atoms with E-state index < -0.39 is 0 Å². The monoisotopic (exact) mass is 243 g/mol. The molecule has 0 aliphatic carbocycles. The number of hydrogen-bond donors (Lipinski definition) is 1. The van der Waals surface area contributed by atoms with Crippen molar-refractivity contribution in [3.63, 3.8) is 0 Å². The molecule has 0 aromatic heterocycles. The van der Waals surface area contributed by atoms with Crippen LogP contribution in [0.5, 0.6) is 0 Å². The lowest BCUT2D eigenvalue weighted by Crippen LogP contribution is -2.37. The van der Waals surface area contributed by atoms with Gasteiger partial charge in [-0.15, -0.1) is 0 Å². The number of hydrogen-bond acceptors (Lipinski definition) is 3. The summed E-state index contributed by atoms with van der Waals surface area (Å²) in [6.07, 6.45) is 5.99. The molecule has 0 amide bonds. The number of rotatable bonds is 9. The predicted octanol–water partition coefficient (Wildman–Crippen LogP) is 2.60. The van der Waals surface area contributed by atoms with Crippen molar-refractivity contribution >= 4 is 0 Å². The van der Waals surface area contributed by atoms with E-state index in [9.17, 15) is 0 Å². The lowest BCUT2D eigenvalue weighted by Gasteiger charge is -2.27. The largest absolute Gasteiger partial charge is 0.381 e. The summed E-state index contributed by atoms with van der Waals surface area (Å²) in [6, 6.07) is 0.532. The second kappa shape index (κ2) is 9.86. The molecule has 0 bridgehead atoms. The van der Waals surface area contributed by atoms with Crippen LogP contribution in [0.4, 0.5) is 0 Å². The van der Waals surface area contributed by atoms with Crippen LogP contribution in [0.1, 0.15) is 46.0 Å². The maximum Gasteiger partial charge on any atom is 0.0619 e. The van der Waals surface area contributed by atoms with Gasteiger partial charge in [-0.2, -0.15) is 0 Å². The quantitative estimate of drug-likeness (QED) is 0.631. The third-order valence-corrected chi connectivity index (χ3v) is 3.31. The molecule has 3 nitrogen and oxygen atoms in total. The fourth-order valence-electron chi connectivity index (χ4n) is 2.31. The summed E-state index contributed by atoms with van der Waals surface area (Å²) >= 11 is 0. The molecular weight excluding hydrogens is 214 g/mol. The molecule has 1 saturated heterocycles. The maximum absolute atomic E-state index is 5.69. The molecule has 1 atom stereocenters. The molecule has 1 aliphatic rings. The normalized spacial score (nSPS) is 19.4. The fourth-order valence-corrected chi connectivity index (χ4v) is 2.31. The zero-order valence-electron chi connectivity index (χ0n) is 11.5. The molecule has 0 aromatic rings. The lowest BCUT2D eigenvalue weighted by molar-refractivity contribution is 0.0504. The average molecular weight is 243 g/mol. The summed E-state index contributed by atoms with van der Waals surface area (Å²) in [6.45, 7) is 9.12. The molecule has 1 aliphatic heterocycles. The summed E-state index contributed by atoms with van der Waals surface area (Å²) in [5.41, 5.74) is 0. The Morgan fingerprint density at radius 1 is 1.24 bits per heavy atom. The molecule has 1 unspecified atom stereocenters. The minimum absolute atomic E-state index is 0.532. The van der Waals surface area contributed by atoms with Crippen molar-refractivity contribution in [1.82, 2.24) is 5.32 Å². The lowest BCUT2D eigenvalue weighted by atomic mass is 9.92. The van der Waals surface area contributed by atoms with Crippen LogP contribution in [-0.2, 0) is 9.47 Å². The first-order chi connectivity index (χ1) is 8.36. The zero-order chi connectivity index (χ0) is 12.3. The van der Waals surface area contributed by atoms with Gasteiger partial charge in [0, 0.05) is 25.9 Å². The van der Waals surface area contributed by atoms with E-state index in [4.69, 9.17) is 9.47 Å². The van der Waals surface area contributed by atoms with E-state index in [0.29, 0.717) is 6.04 Å². The van der Waals surface area contributed by atoms with E-state index in [1.54, 1.807) is 0 Å². The zero-order valence-corrected chi connectivity index (χ0v) is 11.5. The van der Waals surface area contributed by atoms with E-state index in [2.05, 4.69) is 19.2 Å². The first-order valence-corrected chi connectivity index (χ1v) is 7.25. The smallest absolute Gasteiger partial charge is 0.0619 e. The van der Waals surface area contributed by atoms with Crippen molar-refractivity contribution in [2.24, 2.45) is 5.92 Å². The highest BCUT2D eigenvalue weighted by Crippen LogP contribution is 2.20. The van der Waals surface area contributed by atoms with Crippen LogP contribution >= 0.6 is 0 Å². The number of nitrogens with one attached hydrogen (secondary N) is 1. The van der Waals surface area contributed by atoms with Gasteiger partial charge < -0.3 is 14.8 Å². The van der Waals surface area contributed by atoms with Gasteiger partial charge in [0.05, 0.1) is 6.61 Å². The second-order valence-corrected chi connectivity index (χ2v) is 5.02. The highest BCUT2D eigenvalue weighted by Gasteiger charge is 2.18. The minimum Gasteiger partial charge on any atom is -0.381 e. The third kappa shape index (κ3) is 7.02. The van der Waals surface area contributed by atoms with E-state index >= 15 is 0 Å². The Labute approximate surface area is 106 Å². The van der Waals surface area contributed by atoms with Crippen LogP contribution < -0.4 is 5.32 Å². The molecular formula is C14H29NO2. The molecule has 0 aromatic carbocycles. The first kappa shape index (κ1) is 14.9. The van der Waals surface area contributed by atoms with Crippen LogP contribution in [0, 0.1) is 5.92 Å². The highest BCUT2D eigenvalue weighted by molar-refractivity contribution is 4.73. The van der Waals surface area contributed by atoms with Gasteiger partial charge in [0.15, 0.2) is 0 Å². The van der Waals surface area contributed by atoms with Gasteiger partial charge in [0.25, 0.3) is 0 Å². The molecule has 17 heavy (non-hydrogen) atoms. The minimum atomic E-state index is 0.532. The van der Waals surface area contributed by atoms with Gasteiger partial charge in [-0.05, 0) is 44.6 Å². The molecule has 1 rings (SSSR count). The van der Waals surface area contributed by atoms with Gasteiger partial charge in [0.2, 0.25) is 0 Å². The molecule has 1 fully saturated rings. The van der Waals surface area contributed by atoms with Crippen LogP contribution in [0.2, 0.25) is 0 Å². The molecule has 0 radical (unpaired) electrons. The van der Waals surface area contributed by atoms with Gasteiger partial charge in [0.1, 0.15) is 0 Å². The summed E-state index contributed by atoms with van der Waals surface area (Å²) in [4.78, 5) is 0. The summed E-state index contributed by atoms with van der Waals surface area (Å²) in [7, 11) is 0. The summed E-state index contributed by atoms with van der Waals surface area (Å²) in [5.74, 6) is 0.823. The van der Waals surface area contributed by atoms with Gasteiger partial charge in [-0.25, -0.2) is 0 Å². The average Bonchev–Trinajstić information content (AvgIpc) is 2.37. The SMILES string of the molecule is CCCNC(COCCC)CC1CCOCC1. The first-order valence-electron chi connectivity index (χ1n) is 7.25. The summed E-state index contributed by atoms with van der Waals surface area (Å²) in [5, 5.41) is 3.61. The van der Waals surface area contributed by atoms with E-state index in [1.165, 1.54) is 25.7 Å². The Morgan fingerprint density at radius 3 is 2.65 bits per heavy atom. The predicted molar refractivity (Wildman–Crippen MR) is 71.4 cm³/mol. The van der Waals surface area contributed by atoms with Crippen molar-refractivity contribution in [1.29, 1.82) is 0 Å². The van der Waals surface area contributed by atoms with E-state index in [1.807, 2.05) is 0 Å². The Bertz CT molecular complexity index is 170. The van der Waals surface area contributed by atoms with Crippen molar-refractivity contribution in [3.05, 3.63) is 0 Å². The van der Waals surface area contributed by atoms with Crippen LogP contribution in [0.25, 0.3) is 0 Å². The molecule has 1 N–H and O–H groups in total. The van der Waals surface area contributed by atoms with Crippen molar-refractivity contribution in [3.8, 4) is 0 Å². The highest BCUT2D eigenvalue weighted by atomic mass is 16.5. The fraction of sp³-hybridized carbons (Fsp3) is 1.00. The topological polar surface area (TPSA) is 30.5 Å². The van der Waals surface area contributed by atoms with E-state index in [0.717, 1.165) is 45.3 Å². The van der Waals surface area contributed by atoms with Crippen LogP contribution in [-0.4, -0.2) is 39.0 Å². The Kier molecular flexibility index (Phi) is 8.67. The van der Waals surface area contributed by atoms with Crippen molar-refractivity contribution < 1.29 is 9.47 Å². The molecule has 1 heterocycles. The Balaban J connectivity index is 2.22. The second-order valence-electron chi connectivity index (χ2n) is 5.02. The molecule has 102 valence electrons. The molecule has 0 spiro atoms. The molecule has 0 saturated carbocycles. The van der Waals surface area contributed by atoms with E-state index in [-0.39, 0.29) is 0 Å². The van der Waals surface area contributed by atoms with Gasteiger partial charge in [-0.1, -0.05) is 13.8 Å². The third-order valence-electron chi connectivity index (χ3n) is 3.31. The van der Waals surface area contributed by atoms with Crippen LogP contribution in [0.3, 0.4) is 0 Å². The Hall–Kier alpha value is -0.120.